The molecule has 0 unspecified atom stereocenters. The summed E-state index contributed by atoms with van der Waals surface area (Å²) in [4.78, 5) is 20.5. The van der Waals surface area contributed by atoms with E-state index in [9.17, 15) is 4.79 Å². The number of fused-ring (bicyclic) bond motifs is 1. The Bertz CT molecular complexity index is 1070. The van der Waals surface area contributed by atoms with Crippen LogP contribution in [0.4, 0.5) is 17.3 Å². The number of amides is 1. The summed E-state index contributed by atoms with van der Waals surface area (Å²) in [6, 6.07) is 3.44. The fourth-order valence-electron chi connectivity index (χ4n) is 3.09. The van der Waals surface area contributed by atoms with Crippen molar-refractivity contribution < 1.29 is 14.3 Å². The molecular weight excluding hydrogens is 398 g/mol. The van der Waals surface area contributed by atoms with E-state index < -0.39 is 5.91 Å². The summed E-state index contributed by atoms with van der Waals surface area (Å²) < 4.78 is 12.8. The minimum Gasteiger partial charge on any atom is -0.473 e. The van der Waals surface area contributed by atoms with E-state index in [2.05, 4.69) is 25.7 Å². The Labute approximate surface area is 171 Å². The molecule has 0 bridgehead atoms. The van der Waals surface area contributed by atoms with Gasteiger partial charge in [0.2, 0.25) is 5.88 Å². The fourth-order valence-corrected chi connectivity index (χ4v) is 3.25. The van der Waals surface area contributed by atoms with Crippen molar-refractivity contribution in [2.45, 2.75) is 25.0 Å². The van der Waals surface area contributed by atoms with Crippen LogP contribution >= 0.6 is 11.6 Å². The molecule has 1 amide bonds. The Morgan fingerprint density at radius 3 is 2.79 bits per heavy atom. The Kier molecular flexibility index (Phi) is 5.12. The number of methoxy groups -OCH3 is 1. The number of halogens is 1. The molecule has 0 aliphatic heterocycles. The molecule has 1 fully saturated rings. The van der Waals surface area contributed by atoms with Gasteiger partial charge in [-0.05, 0) is 6.07 Å². The maximum absolute atomic E-state index is 11.7. The summed E-state index contributed by atoms with van der Waals surface area (Å²) in [5.41, 5.74) is 6.52. The predicted molar refractivity (Wildman–Crippen MR) is 108 cm³/mol. The van der Waals surface area contributed by atoms with Gasteiger partial charge in [-0.15, -0.1) is 0 Å². The highest BCUT2D eigenvalue weighted by Crippen LogP contribution is 2.33. The third kappa shape index (κ3) is 3.76. The third-order valence-electron chi connectivity index (χ3n) is 4.74. The minimum absolute atomic E-state index is 0.0220. The van der Waals surface area contributed by atoms with Crippen LogP contribution in [0.15, 0.2) is 24.5 Å². The van der Waals surface area contributed by atoms with Gasteiger partial charge in [0.1, 0.15) is 29.0 Å². The summed E-state index contributed by atoms with van der Waals surface area (Å²) in [6.45, 7) is 0. The van der Waals surface area contributed by atoms with Gasteiger partial charge in [0.05, 0.1) is 17.3 Å². The highest BCUT2D eigenvalue weighted by atomic mass is 35.5. The van der Waals surface area contributed by atoms with Crippen LogP contribution in [-0.2, 0) is 4.74 Å². The highest BCUT2D eigenvalue weighted by Gasteiger charge is 2.31. The molecule has 11 heteroatoms. The fraction of sp³-hybridized carbons (Fsp3) is 0.333. The molecule has 152 valence electrons. The Hall–Kier alpha value is -3.11. The van der Waals surface area contributed by atoms with Gasteiger partial charge in [0.25, 0.3) is 5.91 Å². The van der Waals surface area contributed by atoms with Gasteiger partial charge in [-0.1, -0.05) is 11.6 Å². The highest BCUT2D eigenvalue weighted by molar-refractivity contribution is 6.30. The van der Waals surface area contributed by atoms with E-state index in [1.54, 1.807) is 26.3 Å². The number of aromatic nitrogens is 4. The van der Waals surface area contributed by atoms with Gasteiger partial charge in [-0.25, -0.2) is 9.97 Å². The zero-order valence-corrected chi connectivity index (χ0v) is 16.6. The van der Waals surface area contributed by atoms with Crippen LogP contribution in [0.3, 0.4) is 0 Å². The van der Waals surface area contributed by atoms with Crippen molar-refractivity contribution in [3.8, 4) is 5.88 Å². The van der Waals surface area contributed by atoms with Crippen LogP contribution < -0.4 is 21.1 Å². The molecule has 0 aromatic carbocycles. The molecule has 4 N–H and O–H groups in total. The second-order valence-corrected chi connectivity index (χ2v) is 7.07. The number of rotatable bonds is 7. The van der Waals surface area contributed by atoms with E-state index in [0.717, 1.165) is 12.8 Å². The first kappa shape index (κ1) is 19.2. The molecule has 10 nitrogen and oxygen atoms in total. The third-order valence-corrected chi connectivity index (χ3v) is 4.94. The van der Waals surface area contributed by atoms with Gasteiger partial charge in [0, 0.05) is 39.3 Å². The standard InChI is InChI=1S/C18H20ClN7O3/c1-21-15-6-14(25-17-12(16(20)27)8-23-26(15)17)24-13-3-9(19)7-22-18(13)29-11-4-10(5-11)28-2/h3,6-8,10-11,21H,4-5H2,1-2H3,(H2,20,27)(H,24,25). The van der Waals surface area contributed by atoms with E-state index in [4.69, 9.17) is 26.8 Å². The molecule has 0 radical (unpaired) electrons. The largest absolute Gasteiger partial charge is 0.473 e. The van der Waals surface area contributed by atoms with Crippen molar-refractivity contribution in [2.24, 2.45) is 5.73 Å². The minimum atomic E-state index is -0.613. The van der Waals surface area contributed by atoms with E-state index in [-0.39, 0.29) is 17.8 Å². The first-order valence-electron chi connectivity index (χ1n) is 8.97. The van der Waals surface area contributed by atoms with Crippen molar-refractivity contribution in [1.29, 1.82) is 0 Å². The summed E-state index contributed by atoms with van der Waals surface area (Å²) in [7, 11) is 3.43. The topological polar surface area (TPSA) is 129 Å². The zero-order valence-electron chi connectivity index (χ0n) is 15.8. The summed E-state index contributed by atoms with van der Waals surface area (Å²) in [5, 5.41) is 10.8. The molecule has 0 saturated heterocycles. The number of nitrogens with two attached hydrogens (primary N) is 1. The van der Waals surface area contributed by atoms with Crippen molar-refractivity contribution in [3.05, 3.63) is 35.1 Å². The lowest BCUT2D eigenvalue weighted by molar-refractivity contribution is -0.0393. The molecule has 0 atom stereocenters. The number of hydrogen-bond donors (Lipinski definition) is 3. The summed E-state index contributed by atoms with van der Waals surface area (Å²) in [6.07, 6.45) is 4.73. The molecule has 3 heterocycles. The number of carbonyl (C=O) groups excluding carboxylic acids is 1. The van der Waals surface area contributed by atoms with Crippen LogP contribution in [-0.4, -0.2) is 51.9 Å². The number of carbonyl (C=O) groups is 1. The van der Waals surface area contributed by atoms with Crippen molar-refractivity contribution in [1.82, 2.24) is 19.6 Å². The Balaban J connectivity index is 1.66. The van der Waals surface area contributed by atoms with E-state index in [0.29, 0.717) is 33.9 Å². The van der Waals surface area contributed by atoms with Crippen molar-refractivity contribution in [3.63, 3.8) is 0 Å². The van der Waals surface area contributed by atoms with Gasteiger partial charge in [-0.3, -0.25) is 4.79 Å². The second-order valence-electron chi connectivity index (χ2n) is 6.63. The number of primary amides is 1. The number of nitrogens with zero attached hydrogens (tertiary/aromatic N) is 4. The SMILES string of the molecule is CNc1cc(Nc2cc(Cl)cnc2OC2CC(OC)C2)nc2c(C(N)=O)cnn12. The van der Waals surface area contributed by atoms with Crippen LogP contribution in [0, 0.1) is 0 Å². The van der Waals surface area contributed by atoms with Crippen LogP contribution in [0.5, 0.6) is 5.88 Å². The molecule has 1 aliphatic carbocycles. The first-order chi connectivity index (χ1) is 14.0. The smallest absolute Gasteiger partial charge is 0.254 e. The molecule has 29 heavy (non-hydrogen) atoms. The van der Waals surface area contributed by atoms with Crippen molar-refractivity contribution >= 4 is 40.5 Å². The lowest BCUT2D eigenvalue weighted by Crippen LogP contribution is -2.39. The second kappa shape index (κ2) is 7.72. The molecule has 4 rings (SSSR count). The lowest BCUT2D eigenvalue weighted by Gasteiger charge is -2.34. The number of nitrogens with one attached hydrogen (secondary N) is 2. The quantitative estimate of drug-likeness (QED) is 0.533. The molecule has 1 saturated carbocycles. The van der Waals surface area contributed by atoms with Crippen LogP contribution in [0.2, 0.25) is 5.02 Å². The van der Waals surface area contributed by atoms with E-state index >= 15 is 0 Å². The lowest BCUT2D eigenvalue weighted by atomic mass is 9.92. The molecule has 1 aliphatic rings. The number of hydrogen-bond acceptors (Lipinski definition) is 8. The first-order valence-corrected chi connectivity index (χ1v) is 9.34. The maximum Gasteiger partial charge on any atom is 0.254 e. The average Bonchev–Trinajstić information content (AvgIpc) is 3.09. The monoisotopic (exact) mass is 417 g/mol. The maximum atomic E-state index is 11.7. The van der Waals surface area contributed by atoms with Gasteiger partial charge < -0.3 is 25.8 Å². The molecule has 0 spiro atoms. The van der Waals surface area contributed by atoms with Gasteiger partial charge >= 0.3 is 0 Å². The number of pyridine rings is 1. The van der Waals surface area contributed by atoms with E-state index in [1.165, 1.54) is 16.9 Å². The number of anilines is 3. The molecule has 3 aromatic heterocycles. The Morgan fingerprint density at radius 1 is 1.31 bits per heavy atom. The molecule has 3 aromatic rings. The number of ether oxygens (including phenoxy) is 2. The summed E-state index contributed by atoms with van der Waals surface area (Å²) >= 11 is 6.13. The Morgan fingerprint density at radius 2 is 2.10 bits per heavy atom. The van der Waals surface area contributed by atoms with Crippen LogP contribution in [0.25, 0.3) is 5.65 Å². The molecular formula is C18H20ClN7O3. The average molecular weight is 418 g/mol. The zero-order chi connectivity index (χ0) is 20.5. The predicted octanol–water partition coefficient (Wildman–Crippen LogP) is 2.22. The van der Waals surface area contributed by atoms with Crippen LogP contribution in [0.1, 0.15) is 23.2 Å². The van der Waals surface area contributed by atoms with Gasteiger partial charge in [-0.2, -0.15) is 9.61 Å². The summed E-state index contributed by atoms with van der Waals surface area (Å²) in [5.74, 6) is 0.856. The van der Waals surface area contributed by atoms with E-state index in [1.807, 2.05) is 0 Å². The van der Waals surface area contributed by atoms with Gasteiger partial charge in [0.15, 0.2) is 5.65 Å². The normalized spacial score (nSPS) is 18.3. The van der Waals surface area contributed by atoms with Crippen molar-refractivity contribution in [2.75, 3.05) is 24.8 Å².